The number of aromatic nitrogens is 2. The van der Waals surface area contributed by atoms with E-state index in [-0.39, 0.29) is 30.6 Å². The van der Waals surface area contributed by atoms with Crippen molar-refractivity contribution in [2.45, 2.75) is 47.1 Å². The quantitative estimate of drug-likeness (QED) is 0.388. The first-order valence-electron chi connectivity index (χ1n) is 11.5. The third-order valence-corrected chi connectivity index (χ3v) is 5.46. The summed E-state index contributed by atoms with van der Waals surface area (Å²) < 4.78 is 18.2. The summed E-state index contributed by atoms with van der Waals surface area (Å²) in [5.74, 6) is 1.73. The van der Waals surface area contributed by atoms with Gasteiger partial charge in [0.2, 0.25) is 0 Å². The van der Waals surface area contributed by atoms with Gasteiger partial charge in [-0.15, -0.1) is 4.57 Å². The molecule has 0 bridgehead atoms. The van der Waals surface area contributed by atoms with E-state index < -0.39 is 0 Å². The first-order valence-corrected chi connectivity index (χ1v) is 11.5. The van der Waals surface area contributed by atoms with E-state index in [0.717, 1.165) is 21.3 Å². The number of ether oxygens (including phenoxy) is 2. The van der Waals surface area contributed by atoms with Gasteiger partial charge in [-0.2, -0.15) is 0 Å². The molecule has 2 aromatic carbocycles. The molecule has 1 N–H and O–H groups in total. The maximum Gasteiger partial charge on any atom is 0.287 e. The second-order valence-electron chi connectivity index (χ2n) is 8.91. The first kappa shape index (κ1) is 24.1. The van der Waals surface area contributed by atoms with Gasteiger partial charge < -0.3 is 19.3 Å². The molecule has 2 aromatic heterocycles. The standard InChI is InChI=1S/C27H29N3O5/c1-16(2)21-8-6-18(4)11-24(21)34-15-26(31)29-22-10-17(3)7-9-23(22)33-14-20-13-27(32)30-25(28-20)12-19(5)35-30/h6-13,16H,14-15H2,1-5H3,(H,29,31). The van der Waals surface area contributed by atoms with Crippen LogP contribution in [0.25, 0.3) is 5.65 Å². The lowest BCUT2D eigenvalue weighted by Crippen LogP contribution is -2.21. The van der Waals surface area contributed by atoms with Crippen LogP contribution in [-0.4, -0.2) is 22.1 Å². The Bertz CT molecular complexity index is 1430. The zero-order valence-corrected chi connectivity index (χ0v) is 20.5. The molecule has 182 valence electrons. The van der Waals surface area contributed by atoms with E-state index in [4.69, 9.17) is 14.0 Å². The number of fused-ring (bicyclic) bond motifs is 1. The number of benzene rings is 2. The van der Waals surface area contributed by atoms with Gasteiger partial charge in [0.1, 0.15) is 23.9 Å². The van der Waals surface area contributed by atoms with Crippen LogP contribution in [0.3, 0.4) is 0 Å². The summed E-state index contributed by atoms with van der Waals surface area (Å²) in [4.78, 5) is 29.4. The molecule has 2 heterocycles. The van der Waals surface area contributed by atoms with Crippen LogP contribution >= 0.6 is 0 Å². The van der Waals surface area contributed by atoms with Gasteiger partial charge in [-0.3, -0.25) is 9.59 Å². The Morgan fingerprint density at radius 3 is 2.51 bits per heavy atom. The van der Waals surface area contributed by atoms with Gasteiger partial charge in [0.05, 0.1) is 11.4 Å². The number of hydrogen-bond donors (Lipinski definition) is 1. The highest BCUT2D eigenvalue weighted by molar-refractivity contribution is 5.93. The summed E-state index contributed by atoms with van der Waals surface area (Å²) in [6.45, 7) is 9.76. The Balaban J connectivity index is 1.46. The fraction of sp³-hybridized carbons (Fsp3) is 0.296. The number of nitrogens with zero attached hydrogens (tertiary/aromatic N) is 2. The molecule has 4 aromatic rings. The highest BCUT2D eigenvalue weighted by atomic mass is 16.5. The summed E-state index contributed by atoms with van der Waals surface area (Å²) >= 11 is 0. The molecular weight excluding hydrogens is 446 g/mol. The highest BCUT2D eigenvalue weighted by Gasteiger charge is 2.14. The number of amides is 1. The second kappa shape index (κ2) is 10.0. The smallest absolute Gasteiger partial charge is 0.287 e. The molecule has 0 aliphatic heterocycles. The SMILES string of the molecule is Cc1ccc(OCc2cc(=O)n3oc(C)cc3n2)c(NC(=O)COc2cc(C)ccc2C(C)C)c1. The molecule has 0 aliphatic rings. The fourth-order valence-electron chi connectivity index (χ4n) is 3.74. The van der Waals surface area contributed by atoms with Crippen molar-refractivity contribution in [3.8, 4) is 11.5 Å². The van der Waals surface area contributed by atoms with Crippen molar-refractivity contribution in [1.82, 2.24) is 9.56 Å². The third-order valence-electron chi connectivity index (χ3n) is 5.46. The summed E-state index contributed by atoms with van der Waals surface area (Å²) in [7, 11) is 0. The highest BCUT2D eigenvalue weighted by Crippen LogP contribution is 2.29. The summed E-state index contributed by atoms with van der Waals surface area (Å²) in [5, 5.41) is 2.88. The number of anilines is 1. The Morgan fingerprint density at radius 2 is 1.74 bits per heavy atom. The molecule has 0 saturated heterocycles. The molecule has 0 radical (unpaired) electrons. The maximum absolute atomic E-state index is 12.7. The predicted octanol–water partition coefficient (Wildman–Crippen LogP) is 4.93. The summed E-state index contributed by atoms with van der Waals surface area (Å²) in [6.07, 6.45) is 0. The zero-order chi connectivity index (χ0) is 25.1. The van der Waals surface area contributed by atoms with Gasteiger partial charge >= 0.3 is 0 Å². The third kappa shape index (κ3) is 5.71. The van der Waals surface area contributed by atoms with Gasteiger partial charge in [-0.25, -0.2) is 4.98 Å². The molecule has 1 amide bonds. The molecule has 8 heteroatoms. The molecule has 0 atom stereocenters. The molecule has 0 aliphatic carbocycles. The molecular formula is C27H29N3O5. The molecule has 0 spiro atoms. The van der Waals surface area contributed by atoms with Crippen LogP contribution in [-0.2, 0) is 11.4 Å². The largest absolute Gasteiger partial charge is 0.485 e. The minimum atomic E-state index is -0.326. The van der Waals surface area contributed by atoms with Gasteiger partial charge in [0.15, 0.2) is 12.3 Å². The van der Waals surface area contributed by atoms with Crippen LogP contribution in [0, 0.1) is 20.8 Å². The van der Waals surface area contributed by atoms with Gasteiger partial charge in [0, 0.05) is 12.1 Å². The fourth-order valence-corrected chi connectivity index (χ4v) is 3.74. The average Bonchev–Trinajstić information content (AvgIpc) is 3.18. The van der Waals surface area contributed by atoms with Crippen molar-refractivity contribution in [3.63, 3.8) is 0 Å². The Hall–Kier alpha value is -4.07. The topological polar surface area (TPSA) is 95.1 Å². The van der Waals surface area contributed by atoms with Crippen LogP contribution in [0.5, 0.6) is 11.5 Å². The minimum Gasteiger partial charge on any atom is -0.485 e. The van der Waals surface area contributed by atoms with E-state index in [2.05, 4.69) is 24.1 Å². The maximum atomic E-state index is 12.7. The molecule has 0 fully saturated rings. The van der Waals surface area contributed by atoms with Crippen LogP contribution in [0.4, 0.5) is 5.69 Å². The van der Waals surface area contributed by atoms with E-state index in [1.165, 1.54) is 6.07 Å². The molecule has 35 heavy (non-hydrogen) atoms. The van der Waals surface area contributed by atoms with E-state index in [1.807, 2.05) is 44.2 Å². The van der Waals surface area contributed by atoms with Crippen LogP contribution in [0.15, 0.2) is 57.8 Å². The lowest BCUT2D eigenvalue weighted by atomic mass is 10.0. The van der Waals surface area contributed by atoms with Crippen molar-refractivity contribution < 1.29 is 18.8 Å². The Morgan fingerprint density at radius 1 is 1.00 bits per heavy atom. The van der Waals surface area contributed by atoms with Gasteiger partial charge in [-0.1, -0.05) is 32.0 Å². The number of hydrogen-bond acceptors (Lipinski definition) is 6. The van der Waals surface area contributed by atoms with Crippen molar-refractivity contribution in [3.05, 3.63) is 87.0 Å². The molecule has 8 nitrogen and oxygen atoms in total. The number of aryl methyl sites for hydroxylation is 3. The van der Waals surface area contributed by atoms with E-state index in [0.29, 0.717) is 34.3 Å². The van der Waals surface area contributed by atoms with Gasteiger partial charge in [-0.05, 0) is 61.6 Å². The predicted molar refractivity (Wildman–Crippen MR) is 133 cm³/mol. The van der Waals surface area contributed by atoms with Crippen molar-refractivity contribution in [2.24, 2.45) is 0 Å². The van der Waals surface area contributed by atoms with Crippen molar-refractivity contribution in [1.29, 1.82) is 0 Å². The molecule has 4 rings (SSSR count). The van der Waals surface area contributed by atoms with E-state index in [1.54, 1.807) is 19.1 Å². The summed E-state index contributed by atoms with van der Waals surface area (Å²) in [6, 6.07) is 14.5. The van der Waals surface area contributed by atoms with Crippen LogP contribution in [0.2, 0.25) is 0 Å². The van der Waals surface area contributed by atoms with E-state index in [9.17, 15) is 9.59 Å². The average molecular weight is 476 g/mol. The van der Waals surface area contributed by atoms with Gasteiger partial charge in [0.25, 0.3) is 11.5 Å². The Labute approximate surface area is 203 Å². The first-order chi connectivity index (χ1) is 16.7. The lowest BCUT2D eigenvalue weighted by Gasteiger charge is -2.16. The normalized spacial score (nSPS) is 11.1. The number of carbonyl (C=O) groups excluding carboxylic acids is 1. The number of nitrogens with one attached hydrogen (secondary N) is 1. The molecule has 0 unspecified atom stereocenters. The molecule has 0 saturated carbocycles. The minimum absolute atomic E-state index is 0.0550. The Kier molecular flexibility index (Phi) is 6.91. The lowest BCUT2D eigenvalue weighted by molar-refractivity contribution is -0.118. The van der Waals surface area contributed by atoms with Crippen LogP contribution in [0.1, 0.15) is 47.9 Å². The number of carbonyl (C=O) groups is 1. The second-order valence-corrected chi connectivity index (χ2v) is 8.91. The zero-order valence-electron chi connectivity index (χ0n) is 20.5. The number of rotatable bonds is 8. The summed E-state index contributed by atoms with van der Waals surface area (Å²) in [5.41, 5.74) is 4.14. The van der Waals surface area contributed by atoms with E-state index >= 15 is 0 Å². The van der Waals surface area contributed by atoms with Crippen molar-refractivity contribution in [2.75, 3.05) is 11.9 Å². The van der Waals surface area contributed by atoms with Crippen LogP contribution < -0.4 is 20.3 Å². The van der Waals surface area contributed by atoms with Crippen molar-refractivity contribution >= 4 is 17.2 Å². The monoisotopic (exact) mass is 475 g/mol.